The highest BCUT2D eigenvalue weighted by Gasteiger charge is 2.10. The Morgan fingerprint density at radius 2 is 1.88 bits per heavy atom. The molecular weight excluding hydrogens is 335 g/mol. The molecular formula is C19H17FN4O2. The predicted molar refractivity (Wildman–Crippen MR) is 97.3 cm³/mol. The smallest absolute Gasteiger partial charge is 0.274 e. The molecule has 0 aliphatic rings. The summed E-state index contributed by atoms with van der Waals surface area (Å²) in [4.78, 5) is 20.3. The highest BCUT2D eigenvalue weighted by Crippen LogP contribution is 2.19. The summed E-state index contributed by atoms with van der Waals surface area (Å²) in [6.07, 6.45) is 1.29. The Morgan fingerprint density at radius 3 is 2.62 bits per heavy atom. The van der Waals surface area contributed by atoms with E-state index in [1.54, 1.807) is 6.07 Å². The van der Waals surface area contributed by atoms with Crippen LogP contribution in [0.25, 0.3) is 0 Å². The fourth-order valence-electron chi connectivity index (χ4n) is 2.26. The highest BCUT2D eigenvalue weighted by atomic mass is 19.1. The van der Waals surface area contributed by atoms with Gasteiger partial charge in [0, 0.05) is 17.4 Å². The number of hydrogen-bond acceptors (Lipinski definition) is 5. The lowest BCUT2D eigenvalue weighted by Gasteiger charge is -2.09. The van der Waals surface area contributed by atoms with Gasteiger partial charge in [0.25, 0.3) is 5.91 Å². The minimum absolute atomic E-state index is 0.165. The molecule has 0 saturated heterocycles. The summed E-state index contributed by atoms with van der Waals surface area (Å²) in [5.74, 6) is 0.362. The Labute approximate surface area is 150 Å². The zero-order valence-electron chi connectivity index (χ0n) is 14.1. The van der Waals surface area contributed by atoms with Gasteiger partial charge in [0.15, 0.2) is 0 Å². The summed E-state index contributed by atoms with van der Waals surface area (Å²) in [5, 5.41) is 5.69. The molecule has 6 nitrogen and oxygen atoms in total. The number of hydrogen-bond donors (Lipinski definition) is 2. The summed E-state index contributed by atoms with van der Waals surface area (Å²) in [7, 11) is 0. The van der Waals surface area contributed by atoms with Crippen LogP contribution in [0.1, 0.15) is 17.4 Å². The van der Waals surface area contributed by atoms with Crippen LogP contribution in [-0.4, -0.2) is 22.5 Å². The maximum Gasteiger partial charge on any atom is 0.274 e. The van der Waals surface area contributed by atoms with E-state index in [2.05, 4.69) is 20.6 Å². The first-order valence-electron chi connectivity index (χ1n) is 8.03. The van der Waals surface area contributed by atoms with Crippen molar-refractivity contribution in [2.24, 2.45) is 0 Å². The van der Waals surface area contributed by atoms with Crippen LogP contribution < -0.4 is 15.4 Å². The van der Waals surface area contributed by atoms with Gasteiger partial charge in [-0.15, -0.1) is 0 Å². The Balaban J connectivity index is 1.70. The molecule has 0 unspecified atom stereocenters. The van der Waals surface area contributed by atoms with Gasteiger partial charge in [-0.3, -0.25) is 4.79 Å². The number of benzene rings is 2. The number of rotatable bonds is 6. The van der Waals surface area contributed by atoms with E-state index in [4.69, 9.17) is 4.74 Å². The number of anilines is 3. The summed E-state index contributed by atoms with van der Waals surface area (Å²) < 4.78 is 18.6. The Kier molecular flexibility index (Phi) is 5.38. The van der Waals surface area contributed by atoms with Crippen molar-refractivity contribution in [3.05, 3.63) is 72.4 Å². The first-order valence-corrected chi connectivity index (χ1v) is 8.03. The number of ether oxygens (including phenoxy) is 1. The SMILES string of the molecule is CCOc1ccc(Nc2cc(C(=O)Nc3cccc(F)c3)ncn2)cc1. The maximum atomic E-state index is 13.2. The molecule has 132 valence electrons. The van der Waals surface area contributed by atoms with Gasteiger partial charge in [0.2, 0.25) is 0 Å². The summed E-state index contributed by atoms with van der Waals surface area (Å²) in [6.45, 7) is 2.52. The Morgan fingerprint density at radius 1 is 1.08 bits per heavy atom. The average Bonchev–Trinajstić information content (AvgIpc) is 2.64. The van der Waals surface area contributed by atoms with Gasteiger partial charge in [-0.25, -0.2) is 14.4 Å². The second-order valence-electron chi connectivity index (χ2n) is 5.34. The van der Waals surface area contributed by atoms with Crippen LogP contribution in [0, 0.1) is 5.82 Å². The van der Waals surface area contributed by atoms with Crippen molar-refractivity contribution in [3.8, 4) is 5.75 Å². The normalized spacial score (nSPS) is 10.2. The lowest BCUT2D eigenvalue weighted by molar-refractivity contribution is 0.102. The third-order valence-corrected chi connectivity index (χ3v) is 3.42. The minimum Gasteiger partial charge on any atom is -0.494 e. The van der Waals surface area contributed by atoms with E-state index >= 15 is 0 Å². The van der Waals surface area contributed by atoms with Crippen LogP contribution in [0.5, 0.6) is 5.75 Å². The summed E-state index contributed by atoms with van der Waals surface area (Å²) >= 11 is 0. The predicted octanol–water partition coefficient (Wildman–Crippen LogP) is 4.01. The van der Waals surface area contributed by atoms with Gasteiger partial charge in [-0.1, -0.05) is 6.07 Å². The molecule has 0 fully saturated rings. The molecule has 0 radical (unpaired) electrons. The molecule has 1 heterocycles. The largest absolute Gasteiger partial charge is 0.494 e. The van der Waals surface area contributed by atoms with Crippen molar-refractivity contribution < 1.29 is 13.9 Å². The van der Waals surface area contributed by atoms with E-state index < -0.39 is 11.7 Å². The Hall–Kier alpha value is -3.48. The summed E-state index contributed by atoms with van der Waals surface area (Å²) in [6, 6.07) is 14.5. The number of carbonyl (C=O) groups excluding carboxylic acids is 1. The third-order valence-electron chi connectivity index (χ3n) is 3.42. The van der Waals surface area contributed by atoms with Gasteiger partial charge in [-0.2, -0.15) is 0 Å². The van der Waals surface area contributed by atoms with E-state index in [1.807, 2.05) is 31.2 Å². The van der Waals surface area contributed by atoms with Gasteiger partial charge < -0.3 is 15.4 Å². The number of carbonyl (C=O) groups is 1. The molecule has 0 atom stereocenters. The van der Waals surface area contributed by atoms with Gasteiger partial charge in [-0.05, 0) is 49.4 Å². The van der Waals surface area contributed by atoms with E-state index in [-0.39, 0.29) is 5.69 Å². The van der Waals surface area contributed by atoms with Crippen LogP contribution >= 0.6 is 0 Å². The molecule has 3 rings (SSSR count). The van der Waals surface area contributed by atoms with Crippen LogP contribution in [0.3, 0.4) is 0 Å². The van der Waals surface area contributed by atoms with Crippen molar-refractivity contribution in [2.75, 3.05) is 17.2 Å². The van der Waals surface area contributed by atoms with Gasteiger partial charge in [0.1, 0.15) is 29.4 Å². The number of amides is 1. The molecule has 3 aromatic rings. The van der Waals surface area contributed by atoms with Crippen molar-refractivity contribution in [1.82, 2.24) is 9.97 Å². The second kappa shape index (κ2) is 8.06. The Bertz CT molecular complexity index is 900. The third kappa shape index (κ3) is 4.54. The van der Waals surface area contributed by atoms with Crippen LogP contribution in [-0.2, 0) is 0 Å². The average molecular weight is 352 g/mol. The molecule has 0 spiro atoms. The molecule has 2 N–H and O–H groups in total. The van der Waals surface area contributed by atoms with Crippen molar-refractivity contribution in [2.45, 2.75) is 6.92 Å². The topological polar surface area (TPSA) is 76.1 Å². The summed E-state index contributed by atoms with van der Waals surface area (Å²) in [5.41, 5.74) is 1.32. The van der Waals surface area contributed by atoms with E-state index in [9.17, 15) is 9.18 Å². The molecule has 2 aromatic carbocycles. The molecule has 0 aliphatic carbocycles. The molecule has 0 bridgehead atoms. The van der Waals surface area contributed by atoms with Gasteiger partial charge >= 0.3 is 0 Å². The first-order chi connectivity index (χ1) is 12.6. The lowest BCUT2D eigenvalue weighted by atomic mass is 10.2. The van der Waals surface area contributed by atoms with Crippen LogP contribution in [0.4, 0.5) is 21.6 Å². The standard InChI is InChI=1S/C19H17FN4O2/c1-2-26-16-8-6-14(7-9-16)23-18-11-17(21-12-22-18)19(25)24-15-5-3-4-13(20)10-15/h3-12H,2H2,1H3,(H,24,25)(H,21,22,23). The molecule has 0 aliphatic heterocycles. The van der Waals surface area contributed by atoms with E-state index in [0.29, 0.717) is 18.1 Å². The fourth-order valence-corrected chi connectivity index (χ4v) is 2.26. The number of aromatic nitrogens is 2. The van der Waals surface area contributed by atoms with Crippen molar-refractivity contribution in [3.63, 3.8) is 0 Å². The number of nitrogens with zero attached hydrogens (tertiary/aromatic N) is 2. The molecule has 1 amide bonds. The second-order valence-corrected chi connectivity index (χ2v) is 5.34. The maximum absolute atomic E-state index is 13.2. The minimum atomic E-state index is -0.451. The molecule has 7 heteroatoms. The zero-order valence-corrected chi connectivity index (χ0v) is 14.1. The zero-order chi connectivity index (χ0) is 18.4. The fraction of sp³-hybridized carbons (Fsp3) is 0.105. The van der Waals surface area contributed by atoms with Crippen molar-refractivity contribution >= 4 is 23.1 Å². The van der Waals surface area contributed by atoms with Crippen molar-refractivity contribution in [1.29, 1.82) is 0 Å². The van der Waals surface area contributed by atoms with Gasteiger partial charge in [0.05, 0.1) is 6.61 Å². The molecule has 26 heavy (non-hydrogen) atoms. The number of halogens is 1. The van der Waals surface area contributed by atoms with E-state index in [1.165, 1.54) is 30.6 Å². The highest BCUT2D eigenvalue weighted by molar-refractivity contribution is 6.03. The van der Waals surface area contributed by atoms with E-state index in [0.717, 1.165) is 11.4 Å². The molecule has 1 aromatic heterocycles. The quantitative estimate of drug-likeness (QED) is 0.701. The van der Waals surface area contributed by atoms with Crippen LogP contribution in [0.2, 0.25) is 0 Å². The molecule has 0 saturated carbocycles. The lowest BCUT2D eigenvalue weighted by Crippen LogP contribution is -2.14. The monoisotopic (exact) mass is 352 g/mol. The van der Waals surface area contributed by atoms with Crippen LogP contribution in [0.15, 0.2) is 60.9 Å². The first kappa shape index (κ1) is 17.3. The number of nitrogens with one attached hydrogen (secondary N) is 2.